The highest BCUT2D eigenvalue weighted by Gasteiger charge is 2.20. The van der Waals surface area contributed by atoms with Crippen LogP contribution in [0.15, 0.2) is 53.4 Å². The van der Waals surface area contributed by atoms with Gasteiger partial charge in [-0.2, -0.15) is 0 Å². The molecule has 10 heteroatoms. The quantitative estimate of drug-likeness (QED) is 0.644. The molecule has 0 saturated carbocycles. The van der Waals surface area contributed by atoms with Crippen molar-refractivity contribution in [1.82, 2.24) is 14.9 Å². The molecule has 0 heterocycles. The highest BCUT2D eigenvalue weighted by molar-refractivity contribution is 7.89. The fourth-order valence-corrected chi connectivity index (χ4v) is 3.54. The van der Waals surface area contributed by atoms with E-state index in [4.69, 9.17) is 4.74 Å². The lowest BCUT2D eigenvalue weighted by Crippen LogP contribution is -2.35. The van der Waals surface area contributed by atoms with E-state index in [0.29, 0.717) is 11.1 Å². The lowest BCUT2D eigenvalue weighted by atomic mass is 10.2. The predicted molar refractivity (Wildman–Crippen MR) is 104 cm³/mol. The molecule has 2 rings (SSSR count). The molecule has 158 valence electrons. The van der Waals surface area contributed by atoms with Crippen LogP contribution < -0.4 is 15.4 Å². The van der Waals surface area contributed by atoms with Crippen molar-refractivity contribution in [2.45, 2.75) is 24.4 Å². The number of halogens is 2. The molecule has 2 N–H and O–H groups in total. The molecule has 0 aliphatic heterocycles. The van der Waals surface area contributed by atoms with Crippen LogP contribution in [0.2, 0.25) is 0 Å². The molecule has 2 aromatic carbocycles. The summed E-state index contributed by atoms with van der Waals surface area (Å²) in [4.78, 5) is 12.2. The molecule has 0 spiro atoms. The molecule has 0 atom stereocenters. The molecule has 2 amide bonds. The minimum absolute atomic E-state index is 0.0205. The normalized spacial score (nSPS) is 11.5. The van der Waals surface area contributed by atoms with Gasteiger partial charge in [0.1, 0.15) is 12.4 Å². The van der Waals surface area contributed by atoms with Crippen LogP contribution in [-0.4, -0.2) is 45.9 Å². The number of carbonyl (C=O) groups excluding carboxylic acids is 1. The number of nitrogens with one attached hydrogen (secondary N) is 2. The number of nitrogens with zero attached hydrogens (tertiary/aromatic N) is 1. The SMILES string of the molecule is CN(C)S(=O)(=O)c1ccccc1CNC(=O)NCc1cccc(OCC(F)F)c1. The Morgan fingerprint density at radius 2 is 1.76 bits per heavy atom. The summed E-state index contributed by atoms with van der Waals surface area (Å²) in [5, 5.41) is 5.24. The van der Waals surface area contributed by atoms with Gasteiger partial charge < -0.3 is 15.4 Å². The Labute approximate surface area is 168 Å². The van der Waals surface area contributed by atoms with Crippen LogP contribution in [0.25, 0.3) is 0 Å². The third kappa shape index (κ3) is 6.68. The first-order valence-electron chi connectivity index (χ1n) is 8.72. The number of sulfonamides is 1. The van der Waals surface area contributed by atoms with Crippen LogP contribution in [0.5, 0.6) is 5.75 Å². The number of amides is 2. The first-order valence-corrected chi connectivity index (χ1v) is 10.2. The molecule has 0 fully saturated rings. The minimum atomic E-state index is -3.63. The zero-order valence-corrected chi connectivity index (χ0v) is 16.9. The van der Waals surface area contributed by atoms with Gasteiger partial charge in [0.05, 0.1) is 4.90 Å². The van der Waals surface area contributed by atoms with Crippen molar-refractivity contribution >= 4 is 16.1 Å². The van der Waals surface area contributed by atoms with Crippen LogP contribution in [0.3, 0.4) is 0 Å². The second-order valence-corrected chi connectivity index (χ2v) is 8.40. The summed E-state index contributed by atoms with van der Waals surface area (Å²) in [6.07, 6.45) is -2.57. The standard InChI is InChI=1S/C19H23F2N3O4S/c1-24(2)29(26,27)17-9-4-3-7-15(17)12-23-19(25)22-11-14-6-5-8-16(10-14)28-13-18(20)21/h3-10,18H,11-13H2,1-2H3,(H2,22,23,25). The topological polar surface area (TPSA) is 87.7 Å². The summed E-state index contributed by atoms with van der Waals surface area (Å²) >= 11 is 0. The molecule has 7 nitrogen and oxygen atoms in total. The molecule has 0 aliphatic rings. The zero-order valence-electron chi connectivity index (χ0n) is 16.1. The minimum Gasteiger partial charge on any atom is -0.488 e. The fourth-order valence-electron chi connectivity index (χ4n) is 2.42. The highest BCUT2D eigenvalue weighted by Crippen LogP contribution is 2.18. The van der Waals surface area contributed by atoms with Crippen molar-refractivity contribution in [2.75, 3.05) is 20.7 Å². The van der Waals surface area contributed by atoms with Gasteiger partial charge in [-0.3, -0.25) is 0 Å². The van der Waals surface area contributed by atoms with E-state index < -0.39 is 29.1 Å². The average Bonchev–Trinajstić information content (AvgIpc) is 2.69. The third-order valence-electron chi connectivity index (χ3n) is 3.90. The Balaban J connectivity index is 1.93. The maximum absolute atomic E-state index is 12.4. The lowest BCUT2D eigenvalue weighted by Gasteiger charge is -2.15. The Morgan fingerprint density at radius 3 is 2.45 bits per heavy atom. The molecule has 0 aliphatic carbocycles. The van der Waals surface area contributed by atoms with E-state index in [1.165, 1.54) is 20.2 Å². The van der Waals surface area contributed by atoms with Gasteiger partial charge in [0.15, 0.2) is 0 Å². The van der Waals surface area contributed by atoms with E-state index in [1.54, 1.807) is 42.5 Å². The van der Waals surface area contributed by atoms with Crippen LogP contribution >= 0.6 is 0 Å². The molecular formula is C19H23F2N3O4S. The van der Waals surface area contributed by atoms with E-state index in [9.17, 15) is 22.0 Å². The number of carbonyl (C=O) groups is 1. The maximum Gasteiger partial charge on any atom is 0.315 e. The number of ether oxygens (including phenoxy) is 1. The first-order chi connectivity index (χ1) is 13.7. The molecule has 2 aromatic rings. The summed E-state index contributed by atoms with van der Waals surface area (Å²) in [7, 11) is -0.761. The number of alkyl halides is 2. The van der Waals surface area contributed by atoms with Crippen LogP contribution in [0, 0.1) is 0 Å². The number of benzene rings is 2. The average molecular weight is 427 g/mol. The van der Waals surface area contributed by atoms with Gasteiger partial charge in [0.2, 0.25) is 10.0 Å². The van der Waals surface area contributed by atoms with E-state index in [2.05, 4.69) is 10.6 Å². The summed E-state index contributed by atoms with van der Waals surface area (Å²) < 4.78 is 55.2. The van der Waals surface area contributed by atoms with Gasteiger partial charge in [-0.1, -0.05) is 30.3 Å². The van der Waals surface area contributed by atoms with Crippen LogP contribution in [0.1, 0.15) is 11.1 Å². The molecule has 0 unspecified atom stereocenters. The molecule has 0 bridgehead atoms. The van der Waals surface area contributed by atoms with Gasteiger partial charge in [0.25, 0.3) is 6.43 Å². The zero-order chi connectivity index (χ0) is 21.4. The second-order valence-electron chi connectivity index (χ2n) is 6.28. The summed E-state index contributed by atoms with van der Waals surface area (Å²) in [5.41, 5.74) is 1.13. The summed E-state index contributed by atoms with van der Waals surface area (Å²) in [6.45, 7) is -0.533. The summed E-state index contributed by atoms with van der Waals surface area (Å²) in [6, 6.07) is 12.4. The van der Waals surface area contributed by atoms with Crippen molar-refractivity contribution in [2.24, 2.45) is 0 Å². The monoisotopic (exact) mass is 427 g/mol. The molecule has 0 saturated heterocycles. The van der Waals surface area contributed by atoms with Gasteiger partial charge in [-0.05, 0) is 29.3 Å². The molecule has 0 aromatic heterocycles. The molecule has 0 radical (unpaired) electrons. The second kappa shape index (κ2) is 10.2. The molecular weight excluding hydrogens is 404 g/mol. The van der Waals surface area contributed by atoms with Crippen molar-refractivity contribution in [3.8, 4) is 5.75 Å². The Bertz CT molecular complexity index is 937. The van der Waals surface area contributed by atoms with E-state index in [-0.39, 0.29) is 23.7 Å². The third-order valence-corrected chi connectivity index (χ3v) is 5.81. The predicted octanol–water partition coefficient (Wildman–Crippen LogP) is 2.58. The van der Waals surface area contributed by atoms with Crippen molar-refractivity contribution < 1.29 is 26.7 Å². The van der Waals surface area contributed by atoms with E-state index in [0.717, 1.165) is 4.31 Å². The number of hydrogen-bond acceptors (Lipinski definition) is 4. The van der Waals surface area contributed by atoms with Crippen molar-refractivity contribution in [1.29, 1.82) is 0 Å². The van der Waals surface area contributed by atoms with Gasteiger partial charge >= 0.3 is 6.03 Å². The maximum atomic E-state index is 12.4. The van der Waals surface area contributed by atoms with Gasteiger partial charge in [-0.15, -0.1) is 0 Å². The van der Waals surface area contributed by atoms with Crippen molar-refractivity contribution in [3.63, 3.8) is 0 Å². The number of hydrogen-bond donors (Lipinski definition) is 2. The summed E-state index contributed by atoms with van der Waals surface area (Å²) in [5.74, 6) is 0.285. The highest BCUT2D eigenvalue weighted by atomic mass is 32.2. The fraction of sp³-hybridized carbons (Fsp3) is 0.316. The molecule has 29 heavy (non-hydrogen) atoms. The van der Waals surface area contributed by atoms with Gasteiger partial charge in [0, 0.05) is 27.2 Å². The largest absolute Gasteiger partial charge is 0.488 e. The Morgan fingerprint density at radius 1 is 1.07 bits per heavy atom. The van der Waals surface area contributed by atoms with E-state index in [1.807, 2.05) is 0 Å². The number of rotatable bonds is 9. The Hall–Kier alpha value is -2.72. The van der Waals surface area contributed by atoms with Crippen LogP contribution in [0.4, 0.5) is 13.6 Å². The van der Waals surface area contributed by atoms with E-state index >= 15 is 0 Å². The first kappa shape index (κ1) is 22.6. The van der Waals surface area contributed by atoms with Crippen LogP contribution in [-0.2, 0) is 23.1 Å². The Kier molecular flexibility index (Phi) is 7.91. The lowest BCUT2D eigenvalue weighted by molar-refractivity contribution is 0.0818. The van der Waals surface area contributed by atoms with Crippen molar-refractivity contribution in [3.05, 3.63) is 59.7 Å². The van der Waals surface area contributed by atoms with Gasteiger partial charge in [-0.25, -0.2) is 26.3 Å². The smallest absolute Gasteiger partial charge is 0.315 e. The number of urea groups is 1.